The van der Waals surface area contributed by atoms with E-state index in [4.69, 9.17) is 4.98 Å². The molecule has 3 aromatic carbocycles. The number of nitriles is 1. The Morgan fingerprint density at radius 3 is 2.30 bits per heavy atom. The van der Waals surface area contributed by atoms with E-state index in [1.807, 2.05) is 84.9 Å². The molecule has 0 atom stereocenters. The van der Waals surface area contributed by atoms with Crippen molar-refractivity contribution in [3.05, 3.63) is 102 Å². The Balaban J connectivity index is 1.75. The van der Waals surface area contributed by atoms with E-state index in [1.54, 1.807) is 0 Å². The number of fused-ring (bicyclic) bond motifs is 1. The molecule has 4 rings (SSSR count). The van der Waals surface area contributed by atoms with Gasteiger partial charge in [-0.2, -0.15) is 5.26 Å². The number of nitrogens with zero attached hydrogens (tertiary/aromatic N) is 2. The number of aromatic nitrogens is 1. The zero-order valence-electron chi connectivity index (χ0n) is 16.5. The van der Waals surface area contributed by atoms with Gasteiger partial charge in [0.05, 0.1) is 29.3 Å². The fraction of sp³-hybridized carbons (Fsp3) is 0.115. The third kappa shape index (κ3) is 4.06. The fourth-order valence-electron chi connectivity index (χ4n) is 3.65. The third-order valence-corrected chi connectivity index (χ3v) is 5.07. The SMILES string of the molecule is N#CCc1c(-c2ccccc2)nc2ccccc2c1C(=O)NCCc1ccccc1. The predicted molar refractivity (Wildman–Crippen MR) is 119 cm³/mol. The van der Waals surface area contributed by atoms with E-state index in [2.05, 4.69) is 11.4 Å². The van der Waals surface area contributed by atoms with E-state index in [0.717, 1.165) is 22.9 Å². The molecule has 4 aromatic rings. The Morgan fingerprint density at radius 2 is 1.57 bits per heavy atom. The second-order valence-corrected chi connectivity index (χ2v) is 7.02. The van der Waals surface area contributed by atoms with Gasteiger partial charge in [-0.25, -0.2) is 4.98 Å². The average molecular weight is 391 g/mol. The van der Waals surface area contributed by atoms with Crippen LogP contribution < -0.4 is 5.32 Å². The van der Waals surface area contributed by atoms with Crippen molar-refractivity contribution in [1.82, 2.24) is 10.3 Å². The number of rotatable bonds is 6. The summed E-state index contributed by atoms with van der Waals surface area (Å²) in [6, 6.07) is 29.6. The van der Waals surface area contributed by atoms with Crippen molar-refractivity contribution < 1.29 is 4.79 Å². The first kappa shape index (κ1) is 19.4. The molecule has 4 heteroatoms. The Kier molecular flexibility index (Phi) is 5.82. The second kappa shape index (κ2) is 9.02. The molecule has 30 heavy (non-hydrogen) atoms. The Morgan fingerprint density at radius 1 is 0.900 bits per heavy atom. The largest absolute Gasteiger partial charge is 0.352 e. The summed E-state index contributed by atoms with van der Waals surface area (Å²) in [6.45, 7) is 0.520. The van der Waals surface area contributed by atoms with Crippen LogP contribution in [0.25, 0.3) is 22.2 Å². The maximum Gasteiger partial charge on any atom is 0.252 e. The zero-order valence-corrected chi connectivity index (χ0v) is 16.5. The molecule has 1 N–H and O–H groups in total. The van der Waals surface area contributed by atoms with E-state index >= 15 is 0 Å². The first-order valence-electron chi connectivity index (χ1n) is 9.94. The van der Waals surface area contributed by atoms with Crippen molar-refractivity contribution in [1.29, 1.82) is 5.26 Å². The number of amides is 1. The number of benzene rings is 3. The van der Waals surface area contributed by atoms with Crippen LogP contribution in [0.5, 0.6) is 0 Å². The van der Waals surface area contributed by atoms with Crippen LogP contribution in [-0.4, -0.2) is 17.4 Å². The monoisotopic (exact) mass is 391 g/mol. The van der Waals surface area contributed by atoms with Crippen molar-refractivity contribution in [2.75, 3.05) is 6.54 Å². The quantitative estimate of drug-likeness (QED) is 0.506. The Hall–Kier alpha value is -3.97. The summed E-state index contributed by atoms with van der Waals surface area (Å²) in [7, 11) is 0. The van der Waals surface area contributed by atoms with Gasteiger partial charge in [0, 0.05) is 23.1 Å². The maximum atomic E-state index is 13.3. The Labute approximate surface area is 175 Å². The molecule has 1 aromatic heterocycles. The van der Waals surface area contributed by atoms with Crippen LogP contribution >= 0.6 is 0 Å². The maximum absolute atomic E-state index is 13.3. The molecule has 4 nitrogen and oxygen atoms in total. The van der Waals surface area contributed by atoms with Crippen molar-refractivity contribution >= 4 is 16.8 Å². The highest BCUT2D eigenvalue weighted by Crippen LogP contribution is 2.30. The lowest BCUT2D eigenvalue weighted by Crippen LogP contribution is -2.27. The lowest BCUT2D eigenvalue weighted by atomic mass is 9.94. The lowest BCUT2D eigenvalue weighted by molar-refractivity contribution is 0.0955. The van der Waals surface area contributed by atoms with Gasteiger partial charge in [-0.1, -0.05) is 78.9 Å². The minimum Gasteiger partial charge on any atom is -0.352 e. The van der Waals surface area contributed by atoms with Crippen molar-refractivity contribution in [3.63, 3.8) is 0 Å². The van der Waals surface area contributed by atoms with E-state index in [9.17, 15) is 10.1 Å². The highest BCUT2D eigenvalue weighted by molar-refractivity contribution is 6.09. The molecule has 0 saturated heterocycles. The van der Waals surface area contributed by atoms with Gasteiger partial charge < -0.3 is 5.32 Å². The molecule has 0 bridgehead atoms. The van der Waals surface area contributed by atoms with Gasteiger partial charge in [0.1, 0.15) is 0 Å². The van der Waals surface area contributed by atoms with E-state index in [-0.39, 0.29) is 12.3 Å². The minimum atomic E-state index is -0.174. The normalized spacial score (nSPS) is 10.5. The number of nitrogens with one attached hydrogen (secondary N) is 1. The lowest BCUT2D eigenvalue weighted by Gasteiger charge is -2.16. The molecule has 0 aliphatic carbocycles. The summed E-state index contributed by atoms with van der Waals surface area (Å²) in [4.78, 5) is 18.1. The molecule has 1 heterocycles. The number of carbonyl (C=O) groups is 1. The molecule has 1 amide bonds. The molecule has 0 radical (unpaired) electrons. The first-order chi connectivity index (χ1) is 14.8. The summed E-state index contributed by atoms with van der Waals surface area (Å²) in [6.07, 6.45) is 0.859. The van der Waals surface area contributed by atoms with Crippen LogP contribution in [0.3, 0.4) is 0 Å². The summed E-state index contributed by atoms with van der Waals surface area (Å²) in [5.74, 6) is -0.174. The Bertz CT molecular complexity index is 1210. The second-order valence-electron chi connectivity index (χ2n) is 7.02. The molecule has 0 aliphatic rings. The highest BCUT2D eigenvalue weighted by atomic mass is 16.1. The third-order valence-electron chi connectivity index (χ3n) is 5.07. The molecular weight excluding hydrogens is 370 g/mol. The fourth-order valence-corrected chi connectivity index (χ4v) is 3.65. The van der Waals surface area contributed by atoms with Gasteiger partial charge in [0.2, 0.25) is 0 Å². The van der Waals surface area contributed by atoms with Gasteiger partial charge in [-0.3, -0.25) is 4.79 Å². The molecule has 0 spiro atoms. The summed E-state index contributed by atoms with van der Waals surface area (Å²) in [5.41, 5.74) is 4.69. The van der Waals surface area contributed by atoms with Crippen LogP contribution in [0.1, 0.15) is 21.5 Å². The smallest absolute Gasteiger partial charge is 0.252 e. The van der Waals surface area contributed by atoms with Gasteiger partial charge >= 0.3 is 0 Å². The number of pyridine rings is 1. The molecule has 0 unspecified atom stereocenters. The number of carbonyl (C=O) groups excluding carboxylic acids is 1. The van der Waals surface area contributed by atoms with Crippen molar-refractivity contribution in [2.24, 2.45) is 0 Å². The van der Waals surface area contributed by atoms with Crippen LogP contribution in [0.4, 0.5) is 0 Å². The van der Waals surface area contributed by atoms with Crippen LogP contribution in [-0.2, 0) is 12.8 Å². The van der Waals surface area contributed by atoms with Crippen LogP contribution in [0.15, 0.2) is 84.9 Å². The van der Waals surface area contributed by atoms with E-state index < -0.39 is 0 Å². The summed E-state index contributed by atoms with van der Waals surface area (Å²) >= 11 is 0. The van der Waals surface area contributed by atoms with Gasteiger partial charge in [0.15, 0.2) is 0 Å². The summed E-state index contributed by atoms with van der Waals surface area (Å²) < 4.78 is 0. The molecule has 0 saturated carbocycles. The van der Waals surface area contributed by atoms with Crippen molar-refractivity contribution in [2.45, 2.75) is 12.8 Å². The number of hydrogen-bond donors (Lipinski definition) is 1. The average Bonchev–Trinajstić information content (AvgIpc) is 2.80. The van der Waals surface area contributed by atoms with Gasteiger partial charge in [-0.15, -0.1) is 0 Å². The molecule has 146 valence electrons. The zero-order chi connectivity index (χ0) is 20.8. The van der Waals surface area contributed by atoms with Gasteiger partial charge in [-0.05, 0) is 18.1 Å². The first-order valence-corrected chi connectivity index (χ1v) is 9.94. The molecular formula is C26H21N3O. The van der Waals surface area contributed by atoms with Crippen LogP contribution in [0.2, 0.25) is 0 Å². The topological polar surface area (TPSA) is 65.8 Å². The molecule has 0 fully saturated rings. The predicted octanol–water partition coefficient (Wildman–Crippen LogP) is 4.94. The van der Waals surface area contributed by atoms with E-state index in [1.165, 1.54) is 5.56 Å². The van der Waals surface area contributed by atoms with Crippen molar-refractivity contribution in [3.8, 4) is 17.3 Å². The number of hydrogen-bond acceptors (Lipinski definition) is 3. The standard InChI is InChI=1S/C26H21N3O/c27-17-15-22-24(26(30)28-18-16-19-9-3-1-4-10-19)21-13-7-8-14-23(21)29-25(22)20-11-5-2-6-12-20/h1-14H,15-16,18H2,(H,28,30). The number of para-hydroxylation sites is 1. The van der Waals surface area contributed by atoms with E-state index in [0.29, 0.717) is 23.4 Å². The van der Waals surface area contributed by atoms with Gasteiger partial charge in [0.25, 0.3) is 5.91 Å². The minimum absolute atomic E-state index is 0.115. The molecule has 0 aliphatic heterocycles. The highest BCUT2D eigenvalue weighted by Gasteiger charge is 2.21. The summed E-state index contributed by atoms with van der Waals surface area (Å²) in [5, 5.41) is 13.3. The van der Waals surface area contributed by atoms with Crippen LogP contribution in [0, 0.1) is 11.3 Å².